The summed E-state index contributed by atoms with van der Waals surface area (Å²) in [6.07, 6.45) is 1.58. The summed E-state index contributed by atoms with van der Waals surface area (Å²) in [5.74, 6) is 1.78. The number of nitrogens with one attached hydrogen (secondary N) is 1. The lowest BCUT2D eigenvalue weighted by Gasteiger charge is -2.11. The normalized spacial score (nSPS) is 10.9. The second-order valence-corrected chi connectivity index (χ2v) is 6.59. The molecule has 0 bridgehead atoms. The van der Waals surface area contributed by atoms with E-state index in [1.54, 1.807) is 24.5 Å². The van der Waals surface area contributed by atoms with Crippen molar-refractivity contribution in [3.05, 3.63) is 83.5 Å². The van der Waals surface area contributed by atoms with Gasteiger partial charge in [0.25, 0.3) is 0 Å². The maximum Gasteiger partial charge on any atom is 0.240 e. The zero-order valence-electron chi connectivity index (χ0n) is 15.0. The molecule has 0 radical (unpaired) electrons. The molecule has 0 spiro atoms. The molecule has 2 aromatic heterocycles. The highest BCUT2D eigenvalue weighted by atomic mass is 35.5. The van der Waals surface area contributed by atoms with Crippen molar-refractivity contribution < 1.29 is 13.9 Å². The summed E-state index contributed by atoms with van der Waals surface area (Å²) in [6, 6.07) is 18.5. The van der Waals surface area contributed by atoms with Gasteiger partial charge < -0.3 is 19.0 Å². The molecule has 0 aliphatic heterocycles. The van der Waals surface area contributed by atoms with Gasteiger partial charge in [0.2, 0.25) is 5.91 Å². The van der Waals surface area contributed by atoms with Crippen molar-refractivity contribution in [1.29, 1.82) is 0 Å². The third-order valence-electron chi connectivity index (χ3n) is 4.27. The molecule has 0 atom stereocenters. The van der Waals surface area contributed by atoms with Crippen molar-refractivity contribution in [2.45, 2.75) is 19.7 Å². The maximum absolute atomic E-state index is 12.5. The fourth-order valence-electron chi connectivity index (χ4n) is 2.91. The number of rotatable bonds is 7. The number of furan rings is 1. The zero-order chi connectivity index (χ0) is 19.3. The van der Waals surface area contributed by atoms with Crippen LogP contribution in [0.5, 0.6) is 5.75 Å². The van der Waals surface area contributed by atoms with Gasteiger partial charge in [0, 0.05) is 0 Å². The number of hydrogen-bond acceptors (Lipinski definition) is 4. The van der Waals surface area contributed by atoms with Gasteiger partial charge in [-0.25, -0.2) is 4.98 Å². The van der Waals surface area contributed by atoms with Gasteiger partial charge in [-0.1, -0.05) is 35.9 Å². The largest absolute Gasteiger partial charge is 0.484 e. The minimum absolute atomic E-state index is 0.127. The molecule has 6 nitrogen and oxygen atoms in total. The van der Waals surface area contributed by atoms with Crippen LogP contribution < -0.4 is 10.1 Å². The Morgan fingerprint density at radius 1 is 1.11 bits per heavy atom. The fraction of sp³-hybridized carbons (Fsp3) is 0.143. The molecule has 2 aromatic carbocycles. The summed E-state index contributed by atoms with van der Waals surface area (Å²) in [5.41, 5.74) is 1.67. The molecule has 28 heavy (non-hydrogen) atoms. The Labute approximate surface area is 166 Å². The first-order valence-electron chi connectivity index (χ1n) is 8.81. The molecule has 0 saturated carbocycles. The van der Waals surface area contributed by atoms with E-state index in [1.165, 1.54) is 0 Å². The predicted octanol–water partition coefficient (Wildman–Crippen LogP) is 4.18. The lowest BCUT2D eigenvalue weighted by molar-refractivity contribution is -0.121. The van der Waals surface area contributed by atoms with Gasteiger partial charge in [0.05, 0.1) is 28.9 Å². The smallest absolute Gasteiger partial charge is 0.240 e. The van der Waals surface area contributed by atoms with E-state index in [1.807, 2.05) is 47.0 Å². The lowest BCUT2D eigenvalue weighted by Crippen LogP contribution is -2.27. The van der Waals surface area contributed by atoms with Gasteiger partial charge in [-0.05, 0) is 36.4 Å². The van der Waals surface area contributed by atoms with Crippen LogP contribution in [0.15, 0.2) is 71.3 Å². The van der Waals surface area contributed by atoms with Crippen LogP contribution in [-0.4, -0.2) is 15.5 Å². The van der Waals surface area contributed by atoms with Gasteiger partial charge in [0.15, 0.2) is 0 Å². The van der Waals surface area contributed by atoms with Gasteiger partial charge in [-0.3, -0.25) is 4.79 Å². The Hall–Kier alpha value is -3.25. The second-order valence-electron chi connectivity index (χ2n) is 6.18. The van der Waals surface area contributed by atoms with Crippen molar-refractivity contribution in [3.63, 3.8) is 0 Å². The number of carbonyl (C=O) groups is 1. The number of amides is 1. The third-order valence-corrected chi connectivity index (χ3v) is 4.58. The number of carbonyl (C=O) groups excluding carboxylic acids is 1. The predicted molar refractivity (Wildman–Crippen MR) is 106 cm³/mol. The van der Waals surface area contributed by atoms with Gasteiger partial charge in [-0.2, -0.15) is 0 Å². The number of hydrogen-bond donors (Lipinski definition) is 1. The van der Waals surface area contributed by atoms with Crippen molar-refractivity contribution in [3.8, 4) is 5.75 Å². The monoisotopic (exact) mass is 395 g/mol. The Morgan fingerprint density at radius 2 is 1.93 bits per heavy atom. The van der Waals surface area contributed by atoms with E-state index in [9.17, 15) is 4.79 Å². The Morgan fingerprint density at radius 3 is 2.75 bits per heavy atom. The van der Waals surface area contributed by atoms with E-state index < -0.39 is 0 Å². The van der Waals surface area contributed by atoms with Crippen LogP contribution in [0, 0.1) is 0 Å². The molecule has 0 aliphatic rings. The number of nitrogens with zero attached hydrogens (tertiary/aromatic N) is 2. The summed E-state index contributed by atoms with van der Waals surface area (Å²) >= 11 is 6.16. The summed E-state index contributed by atoms with van der Waals surface area (Å²) in [4.78, 5) is 17.1. The summed E-state index contributed by atoms with van der Waals surface area (Å²) in [6.45, 7) is 0.663. The zero-order valence-corrected chi connectivity index (χ0v) is 15.7. The fourth-order valence-corrected chi connectivity index (χ4v) is 3.10. The van der Waals surface area contributed by atoms with Crippen molar-refractivity contribution >= 4 is 28.5 Å². The molecule has 7 heteroatoms. The minimum atomic E-state index is -0.140. The van der Waals surface area contributed by atoms with Gasteiger partial charge in [0.1, 0.15) is 30.5 Å². The Kier molecular flexibility index (Phi) is 5.30. The first kappa shape index (κ1) is 18.1. The Balaban J connectivity index is 1.53. The van der Waals surface area contributed by atoms with E-state index >= 15 is 0 Å². The lowest BCUT2D eigenvalue weighted by atomic mass is 10.3. The summed E-state index contributed by atoms with van der Waals surface area (Å²) < 4.78 is 12.9. The average molecular weight is 396 g/mol. The minimum Gasteiger partial charge on any atom is -0.484 e. The topological polar surface area (TPSA) is 69.3 Å². The number of fused-ring (bicyclic) bond motifs is 1. The van der Waals surface area contributed by atoms with E-state index in [0.29, 0.717) is 28.9 Å². The maximum atomic E-state index is 12.5. The molecule has 0 unspecified atom stereocenters. The SMILES string of the molecule is O=C(Cn1c(COc2ccccc2Cl)nc2ccccc21)NCc1ccco1. The molecule has 1 N–H and O–H groups in total. The van der Waals surface area contributed by atoms with Crippen LogP contribution in [-0.2, 0) is 24.5 Å². The molecule has 4 rings (SSSR count). The number of para-hydroxylation sites is 3. The standard InChI is InChI=1S/C21H18ClN3O3/c22-16-7-1-4-10-19(16)28-14-20-24-17-8-2-3-9-18(17)25(20)13-21(26)23-12-15-6-5-11-27-15/h1-11H,12-14H2,(H,23,26). The first-order valence-corrected chi connectivity index (χ1v) is 9.19. The highest BCUT2D eigenvalue weighted by Gasteiger charge is 2.15. The summed E-state index contributed by atoms with van der Waals surface area (Å²) in [5, 5.41) is 3.38. The number of aromatic nitrogens is 2. The highest BCUT2D eigenvalue weighted by molar-refractivity contribution is 6.32. The second kappa shape index (κ2) is 8.19. The van der Waals surface area contributed by atoms with Crippen LogP contribution in [0.25, 0.3) is 11.0 Å². The molecule has 0 saturated heterocycles. The van der Waals surface area contributed by atoms with E-state index in [4.69, 9.17) is 20.8 Å². The van der Waals surface area contributed by atoms with Crippen molar-refractivity contribution in [1.82, 2.24) is 14.9 Å². The van der Waals surface area contributed by atoms with E-state index in [2.05, 4.69) is 10.3 Å². The number of halogens is 1. The van der Waals surface area contributed by atoms with Crippen LogP contribution >= 0.6 is 11.6 Å². The van der Waals surface area contributed by atoms with E-state index in [-0.39, 0.29) is 19.1 Å². The number of imidazole rings is 1. The molecular weight excluding hydrogens is 378 g/mol. The van der Waals surface area contributed by atoms with Crippen LogP contribution in [0.4, 0.5) is 0 Å². The molecule has 0 fully saturated rings. The molecule has 0 aliphatic carbocycles. The summed E-state index contributed by atoms with van der Waals surface area (Å²) in [7, 11) is 0. The third kappa shape index (κ3) is 4.02. The van der Waals surface area contributed by atoms with Crippen molar-refractivity contribution in [2.75, 3.05) is 0 Å². The van der Waals surface area contributed by atoms with Crippen LogP contribution in [0.2, 0.25) is 5.02 Å². The molecule has 2 heterocycles. The van der Waals surface area contributed by atoms with Gasteiger partial charge >= 0.3 is 0 Å². The van der Waals surface area contributed by atoms with Crippen LogP contribution in [0.1, 0.15) is 11.6 Å². The number of ether oxygens (including phenoxy) is 1. The molecular formula is C21H18ClN3O3. The number of benzene rings is 2. The Bertz CT molecular complexity index is 1090. The molecule has 4 aromatic rings. The molecule has 142 valence electrons. The molecule has 1 amide bonds. The van der Waals surface area contributed by atoms with Gasteiger partial charge in [-0.15, -0.1) is 0 Å². The van der Waals surface area contributed by atoms with E-state index in [0.717, 1.165) is 11.0 Å². The average Bonchev–Trinajstić information content (AvgIpc) is 3.34. The first-order chi connectivity index (χ1) is 13.7. The quantitative estimate of drug-likeness (QED) is 0.509. The van der Waals surface area contributed by atoms with Crippen molar-refractivity contribution in [2.24, 2.45) is 0 Å². The van der Waals surface area contributed by atoms with Crippen LogP contribution in [0.3, 0.4) is 0 Å². The highest BCUT2D eigenvalue weighted by Crippen LogP contribution is 2.25.